The number of carbonyl (C=O) groups excluding carboxylic acids is 1. The molecule has 0 fully saturated rings. The minimum atomic E-state index is 0.0343. The van der Waals surface area contributed by atoms with Crippen molar-refractivity contribution in [1.82, 2.24) is 0 Å². The fourth-order valence-electron chi connectivity index (χ4n) is 1.15. The van der Waals surface area contributed by atoms with Crippen LogP contribution in [0.1, 0.15) is 11.1 Å². The Morgan fingerprint density at radius 1 is 1.43 bits per heavy atom. The second-order valence-corrected chi connectivity index (χ2v) is 3.74. The Morgan fingerprint density at radius 2 is 2.07 bits per heavy atom. The van der Waals surface area contributed by atoms with Gasteiger partial charge in [-0.15, -0.1) is 11.6 Å². The van der Waals surface area contributed by atoms with Crippen LogP contribution in [0.2, 0.25) is 0 Å². The summed E-state index contributed by atoms with van der Waals surface area (Å²) in [5.41, 5.74) is 1.29. The smallest absolute Gasteiger partial charge is 0.147 e. The van der Waals surface area contributed by atoms with Gasteiger partial charge in [-0.1, -0.05) is 34.1 Å². The fourth-order valence-corrected chi connectivity index (χ4v) is 1.57. The highest BCUT2D eigenvalue weighted by molar-refractivity contribution is 9.09. The topological polar surface area (TPSA) is 37.3 Å². The maximum absolute atomic E-state index is 11.1. The molecule has 0 atom stereocenters. The molecule has 0 unspecified atom stereocenters. The monoisotopic (exact) mass is 276 g/mol. The van der Waals surface area contributed by atoms with E-state index in [2.05, 4.69) is 15.9 Å². The summed E-state index contributed by atoms with van der Waals surface area (Å²) in [7, 11) is 0. The molecule has 2 nitrogen and oxygen atoms in total. The van der Waals surface area contributed by atoms with Gasteiger partial charge in [-0.3, -0.25) is 4.79 Å². The number of rotatable bonds is 4. The number of phenolic OH excluding ortho intramolecular Hbond substituents is 1. The third-order valence-electron chi connectivity index (χ3n) is 1.88. The summed E-state index contributed by atoms with van der Waals surface area (Å²) >= 11 is 8.70. The molecule has 0 saturated heterocycles. The molecule has 0 amide bonds. The molecule has 1 aromatic rings. The van der Waals surface area contributed by atoms with Crippen LogP contribution in [-0.2, 0) is 17.1 Å². The van der Waals surface area contributed by atoms with Crippen LogP contribution in [0, 0.1) is 0 Å². The van der Waals surface area contributed by atoms with Crippen LogP contribution in [0.4, 0.5) is 0 Å². The van der Waals surface area contributed by atoms with Crippen molar-refractivity contribution < 1.29 is 9.90 Å². The summed E-state index contributed by atoms with van der Waals surface area (Å²) in [6, 6.07) is 5.25. The molecule has 0 spiro atoms. The minimum Gasteiger partial charge on any atom is -0.507 e. The Kier molecular flexibility index (Phi) is 4.42. The third kappa shape index (κ3) is 2.72. The Bertz CT molecular complexity index is 339. The van der Waals surface area contributed by atoms with E-state index in [0.29, 0.717) is 16.5 Å². The standard InChI is InChI=1S/C10H10BrClO2/c11-5-9(13)4-7-2-1-3-8(6-12)10(7)14/h1-3,14H,4-6H2. The van der Waals surface area contributed by atoms with Gasteiger partial charge in [-0.25, -0.2) is 0 Å². The van der Waals surface area contributed by atoms with Crippen LogP contribution in [0.5, 0.6) is 5.75 Å². The number of Topliss-reactive ketones (excluding diaryl/α,β-unsaturated/α-hetero) is 1. The molecular weight excluding hydrogens is 267 g/mol. The van der Waals surface area contributed by atoms with Crippen molar-refractivity contribution in [2.24, 2.45) is 0 Å². The average Bonchev–Trinajstić information content (AvgIpc) is 2.21. The van der Waals surface area contributed by atoms with E-state index in [9.17, 15) is 9.90 Å². The van der Waals surface area contributed by atoms with E-state index < -0.39 is 0 Å². The maximum Gasteiger partial charge on any atom is 0.147 e. The second-order valence-electron chi connectivity index (χ2n) is 2.91. The average molecular weight is 278 g/mol. The van der Waals surface area contributed by atoms with Crippen molar-refractivity contribution in [3.05, 3.63) is 29.3 Å². The number of benzene rings is 1. The van der Waals surface area contributed by atoms with Crippen molar-refractivity contribution >= 4 is 33.3 Å². The van der Waals surface area contributed by atoms with Crippen LogP contribution in [0.15, 0.2) is 18.2 Å². The lowest BCUT2D eigenvalue weighted by Gasteiger charge is -2.06. The first kappa shape index (κ1) is 11.5. The molecule has 0 aliphatic heterocycles. The van der Waals surface area contributed by atoms with Crippen LogP contribution >= 0.6 is 27.5 Å². The van der Waals surface area contributed by atoms with Gasteiger partial charge in [0.1, 0.15) is 11.5 Å². The van der Waals surface area contributed by atoms with E-state index in [1.807, 2.05) is 0 Å². The van der Waals surface area contributed by atoms with Crippen molar-refractivity contribution in [3.63, 3.8) is 0 Å². The van der Waals surface area contributed by atoms with E-state index in [1.165, 1.54) is 0 Å². The Labute approximate surface area is 96.0 Å². The van der Waals surface area contributed by atoms with E-state index in [-0.39, 0.29) is 23.8 Å². The number of para-hydroxylation sites is 1. The summed E-state index contributed by atoms with van der Waals surface area (Å²) in [6.07, 6.45) is 0.238. The first-order valence-corrected chi connectivity index (χ1v) is 5.78. The minimum absolute atomic E-state index is 0.0343. The van der Waals surface area contributed by atoms with Gasteiger partial charge in [0.25, 0.3) is 0 Å². The zero-order valence-electron chi connectivity index (χ0n) is 7.46. The first-order chi connectivity index (χ1) is 6.69. The van der Waals surface area contributed by atoms with Gasteiger partial charge in [0, 0.05) is 17.5 Å². The van der Waals surface area contributed by atoms with Crippen molar-refractivity contribution in [3.8, 4) is 5.75 Å². The Balaban J connectivity index is 2.92. The van der Waals surface area contributed by atoms with Crippen LogP contribution in [0.25, 0.3) is 0 Å². The summed E-state index contributed by atoms with van der Waals surface area (Å²) in [5.74, 6) is 0.422. The second kappa shape index (κ2) is 5.37. The number of carbonyl (C=O) groups is 1. The van der Waals surface area contributed by atoms with Crippen molar-refractivity contribution in [2.75, 3.05) is 5.33 Å². The SMILES string of the molecule is O=C(CBr)Cc1cccc(CCl)c1O. The quantitative estimate of drug-likeness (QED) is 0.859. The van der Waals surface area contributed by atoms with Gasteiger partial charge in [0.15, 0.2) is 0 Å². The molecule has 0 radical (unpaired) electrons. The molecule has 0 aromatic heterocycles. The number of aromatic hydroxyl groups is 1. The lowest BCUT2D eigenvalue weighted by atomic mass is 10.1. The molecule has 4 heteroatoms. The van der Waals surface area contributed by atoms with Crippen molar-refractivity contribution in [2.45, 2.75) is 12.3 Å². The molecular formula is C10H10BrClO2. The summed E-state index contributed by atoms with van der Waals surface area (Å²) in [5, 5.41) is 9.98. The van der Waals surface area contributed by atoms with Gasteiger partial charge in [0.05, 0.1) is 11.2 Å². The predicted octanol–water partition coefficient (Wildman–Crippen LogP) is 2.64. The molecule has 76 valence electrons. The zero-order chi connectivity index (χ0) is 10.6. The van der Waals surface area contributed by atoms with Crippen molar-refractivity contribution in [1.29, 1.82) is 0 Å². The zero-order valence-corrected chi connectivity index (χ0v) is 9.81. The fraction of sp³-hybridized carbons (Fsp3) is 0.300. The molecule has 0 saturated carbocycles. The predicted molar refractivity (Wildman–Crippen MR) is 60.2 cm³/mol. The summed E-state index contributed by atoms with van der Waals surface area (Å²) in [6.45, 7) is 0. The van der Waals surface area contributed by atoms with Gasteiger partial charge < -0.3 is 5.11 Å². The van der Waals surface area contributed by atoms with Crippen LogP contribution < -0.4 is 0 Å². The Morgan fingerprint density at radius 3 is 2.64 bits per heavy atom. The normalized spacial score (nSPS) is 10.1. The van der Waals surface area contributed by atoms with E-state index in [1.54, 1.807) is 18.2 Å². The Hall–Kier alpha value is -0.540. The van der Waals surface area contributed by atoms with E-state index in [4.69, 9.17) is 11.6 Å². The first-order valence-electron chi connectivity index (χ1n) is 4.12. The lowest BCUT2D eigenvalue weighted by molar-refractivity contribution is -0.115. The number of alkyl halides is 2. The van der Waals surface area contributed by atoms with E-state index in [0.717, 1.165) is 0 Å². The molecule has 1 rings (SSSR count). The molecule has 0 aliphatic rings. The molecule has 0 aliphatic carbocycles. The third-order valence-corrected chi connectivity index (χ3v) is 2.80. The highest BCUT2D eigenvalue weighted by Gasteiger charge is 2.09. The highest BCUT2D eigenvalue weighted by atomic mass is 79.9. The molecule has 14 heavy (non-hydrogen) atoms. The largest absolute Gasteiger partial charge is 0.507 e. The van der Waals surface area contributed by atoms with Gasteiger partial charge in [-0.05, 0) is 0 Å². The van der Waals surface area contributed by atoms with Crippen LogP contribution in [-0.4, -0.2) is 16.2 Å². The lowest BCUT2D eigenvalue weighted by Crippen LogP contribution is -2.04. The maximum atomic E-state index is 11.1. The number of phenols is 1. The number of hydrogen-bond acceptors (Lipinski definition) is 2. The molecule has 0 bridgehead atoms. The highest BCUT2D eigenvalue weighted by Crippen LogP contribution is 2.24. The number of ketones is 1. The van der Waals surface area contributed by atoms with Gasteiger partial charge in [0.2, 0.25) is 0 Å². The van der Waals surface area contributed by atoms with Crippen LogP contribution in [0.3, 0.4) is 0 Å². The van der Waals surface area contributed by atoms with E-state index >= 15 is 0 Å². The molecule has 1 N–H and O–H groups in total. The number of hydrogen-bond donors (Lipinski definition) is 1. The summed E-state index contributed by atoms with van der Waals surface area (Å²) < 4.78 is 0. The number of halogens is 2. The molecule has 0 heterocycles. The van der Waals surface area contributed by atoms with Gasteiger partial charge >= 0.3 is 0 Å². The summed E-state index contributed by atoms with van der Waals surface area (Å²) in [4.78, 5) is 11.1. The van der Waals surface area contributed by atoms with Gasteiger partial charge in [-0.2, -0.15) is 0 Å². The molecule has 1 aromatic carbocycles.